The first-order valence-corrected chi connectivity index (χ1v) is 4.77. The molecule has 17 heavy (non-hydrogen) atoms. The lowest BCUT2D eigenvalue weighted by molar-refractivity contribution is -0.263. The Morgan fingerprint density at radius 3 is 2.71 bits per heavy atom. The molecule has 1 heterocycles. The second-order valence-corrected chi connectivity index (χ2v) is 3.65. The van der Waals surface area contributed by atoms with Gasteiger partial charge in [-0.1, -0.05) is 5.11 Å². The largest absolute Gasteiger partial charge is 0.419 e. The predicted octanol–water partition coefficient (Wildman–Crippen LogP) is 1.48. The van der Waals surface area contributed by atoms with Crippen molar-refractivity contribution in [2.24, 2.45) is 5.11 Å². The molecule has 0 aromatic carbocycles. The minimum absolute atomic E-state index is 0.0624. The van der Waals surface area contributed by atoms with E-state index in [2.05, 4.69) is 14.8 Å². The number of halogens is 3. The van der Waals surface area contributed by atoms with E-state index in [1.54, 1.807) is 0 Å². The van der Waals surface area contributed by atoms with Crippen molar-refractivity contribution in [2.75, 3.05) is 26.7 Å². The molecule has 0 aliphatic carbocycles. The summed E-state index contributed by atoms with van der Waals surface area (Å²) in [4.78, 5) is 14.7. The average Bonchev–Trinajstić information content (AvgIpc) is 2.70. The summed E-state index contributed by atoms with van der Waals surface area (Å²) in [5.41, 5.74) is 5.71. The van der Waals surface area contributed by atoms with Crippen molar-refractivity contribution in [3.63, 3.8) is 0 Å². The summed E-state index contributed by atoms with van der Waals surface area (Å²) in [6.07, 6.45) is -4.84. The molecule has 1 fully saturated rings. The summed E-state index contributed by atoms with van der Waals surface area (Å²) in [7, 11) is 0.967. The fraction of sp³-hybridized carbons (Fsp3) is 0.875. The highest BCUT2D eigenvalue weighted by atomic mass is 19.4. The highest BCUT2D eigenvalue weighted by molar-refractivity contribution is 5.78. The lowest BCUT2D eigenvalue weighted by Gasteiger charge is -2.30. The maximum Gasteiger partial charge on any atom is 0.419 e. The molecule has 1 rings (SSSR count). The molecule has 0 spiro atoms. The van der Waals surface area contributed by atoms with E-state index in [9.17, 15) is 18.0 Å². The molecule has 0 aromatic heterocycles. The lowest BCUT2D eigenvalue weighted by Crippen LogP contribution is -2.49. The zero-order chi connectivity index (χ0) is 13.1. The molecule has 1 aliphatic rings. The summed E-state index contributed by atoms with van der Waals surface area (Å²) < 4.78 is 42.8. The molecule has 1 aliphatic heterocycles. The molecular formula is C8H11F3N4O2. The normalized spacial score (nSPS) is 24.6. The summed E-state index contributed by atoms with van der Waals surface area (Å²) in [5, 5.41) is 3.02. The molecule has 9 heteroatoms. The topological polar surface area (TPSA) is 78.3 Å². The van der Waals surface area contributed by atoms with Crippen molar-refractivity contribution in [3.05, 3.63) is 10.4 Å². The Morgan fingerprint density at radius 2 is 2.29 bits per heavy atom. The summed E-state index contributed by atoms with van der Waals surface area (Å²) >= 11 is 0. The van der Waals surface area contributed by atoms with Crippen LogP contribution >= 0.6 is 0 Å². The van der Waals surface area contributed by atoms with Crippen molar-refractivity contribution in [3.8, 4) is 0 Å². The second-order valence-electron chi connectivity index (χ2n) is 3.65. The lowest BCUT2D eigenvalue weighted by atomic mass is 10.0. The van der Waals surface area contributed by atoms with Gasteiger partial charge in [0.15, 0.2) is 5.60 Å². The fourth-order valence-corrected chi connectivity index (χ4v) is 1.70. The molecule has 6 nitrogen and oxygen atoms in total. The minimum Gasteiger partial charge on any atom is -0.367 e. The van der Waals surface area contributed by atoms with Crippen LogP contribution in [0.3, 0.4) is 0 Å². The first-order valence-electron chi connectivity index (χ1n) is 4.77. The van der Waals surface area contributed by atoms with Crippen LogP contribution in [0, 0.1) is 0 Å². The molecule has 0 N–H and O–H groups in total. The van der Waals surface area contributed by atoms with E-state index in [1.165, 1.54) is 0 Å². The van der Waals surface area contributed by atoms with Crippen LogP contribution in [0.2, 0.25) is 0 Å². The van der Waals surface area contributed by atoms with Crippen molar-refractivity contribution in [1.82, 2.24) is 4.90 Å². The van der Waals surface area contributed by atoms with Crippen LogP contribution in [0.4, 0.5) is 13.2 Å². The van der Waals surface area contributed by atoms with Crippen molar-refractivity contribution >= 4 is 5.91 Å². The first-order chi connectivity index (χ1) is 7.86. The number of alkyl halides is 3. The Balaban J connectivity index is 2.74. The molecule has 0 bridgehead atoms. The van der Waals surface area contributed by atoms with Gasteiger partial charge in [0.1, 0.15) is 6.54 Å². The van der Waals surface area contributed by atoms with Gasteiger partial charge < -0.3 is 9.64 Å². The van der Waals surface area contributed by atoms with E-state index in [0.717, 1.165) is 12.0 Å². The predicted molar refractivity (Wildman–Crippen MR) is 51.0 cm³/mol. The van der Waals surface area contributed by atoms with E-state index < -0.39 is 30.8 Å². The molecule has 1 amide bonds. The van der Waals surface area contributed by atoms with Gasteiger partial charge in [0.05, 0.1) is 6.54 Å². The van der Waals surface area contributed by atoms with Crippen LogP contribution in [-0.2, 0) is 9.53 Å². The van der Waals surface area contributed by atoms with Crippen molar-refractivity contribution in [2.45, 2.75) is 18.2 Å². The van der Waals surface area contributed by atoms with Crippen LogP contribution in [0.25, 0.3) is 10.4 Å². The third kappa shape index (κ3) is 2.62. The number of carbonyl (C=O) groups is 1. The number of hydrogen-bond donors (Lipinski definition) is 0. The SMILES string of the molecule is CO[C@@]1(C(F)(F)F)CCN(C(=O)CN=[N+]=[N-])C1. The highest BCUT2D eigenvalue weighted by Crippen LogP contribution is 2.40. The Labute approximate surface area is 95.0 Å². The molecule has 0 unspecified atom stereocenters. The molecule has 0 aromatic rings. The van der Waals surface area contributed by atoms with Gasteiger partial charge >= 0.3 is 6.18 Å². The fourth-order valence-electron chi connectivity index (χ4n) is 1.70. The highest BCUT2D eigenvalue weighted by Gasteiger charge is 2.59. The van der Waals surface area contributed by atoms with Crippen LogP contribution in [0.1, 0.15) is 6.42 Å². The van der Waals surface area contributed by atoms with E-state index in [4.69, 9.17) is 5.53 Å². The maximum atomic E-state index is 12.8. The monoisotopic (exact) mass is 252 g/mol. The number of methoxy groups -OCH3 is 1. The number of amides is 1. The standard InChI is InChI=1S/C8H11F3N4O2/c1-17-7(8(9,10)11)2-3-15(5-7)6(16)4-13-14-12/h2-5H2,1H3/t7-/m0/s1. The van der Waals surface area contributed by atoms with Gasteiger partial charge in [0.2, 0.25) is 5.91 Å². The zero-order valence-corrected chi connectivity index (χ0v) is 9.07. The molecule has 96 valence electrons. The number of rotatable bonds is 3. The second kappa shape index (κ2) is 4.80. The Bertz CT molecular complexity index is 353. The zero-order valence-electron chi connectivity index (χ0n) is 9.07. The number of likely N-dealkylation sites (tertiary alicyclic amines) is 1. The van der Waals surface area contributed by atoms with Gasteiger partial charge in [-0.05, 0) is 5.53 Å². The van der Waals surface area contributed by atoms with E-state index in [1.807, 2.05) is 0 Å². The summed E-state index contributed by atoms with van der Waals surface area (Å²) in [6.45, 7) is -1.10. The van der Waals surface area contributed by atoms with Crippen LogP contribution in [-0.4, -0.2) is 49.3 Å². The number of ether oxygens (including phenoxy) is 1. The molecular weight excluding hydrogens is 241 g/mol. The van der Waals surface area contributed by atoms with Gasteiger partial charge in [-0.3, -0.25) is 4.79 Å². The van der Waals surface area contributed by atoms with Crippen LogP contribution < -0.4 is 0 Å². The van der Waals surface area contributed by atoms with E-state index in [0.29, 0.717) is 0 Å². The average molecular weight is 252 g/mol. The Kier molecular flexibility index (Phi) is 3.84. The number of azide groups is 1. The van der Waals surface area contributed by atoms with Crippen LogP contribution in [0.5, 0.6) is 0 Å². The molecule has 0 radical (unpaired) electrons. The van der Waals surface area contributed by atoms with Gasteiger partial charge in [-0.25, -0.2) is 0 Å². The minimum atomic E-state index is -4.53. The van der Waals surface area contributed by atoms with Gasteiger partial charge in [-0.15, -0.1) is 0 Å². The molecule has 1 atom stereocenters. The van der Waals surface area contributed by atoms with Gasteiger partial charge in [0, 0.05) is 25.0 Å². The van der Waals surface area contributed by atoms with Gasteiger partial charge in [-0.2, -0.15) is 13.2 Å². The smallest absolute Gasteiger partial charge is 0.367 e. The summed E-state index contributed by atoms with van der Waals surface area (Å²) in [5.74, 6) is -0.633. The number of carbonyl (C=O) groups excluding carboxylic acids is 1. The quantitative estimate of drug-likeness (QED) is 0.433. The Hall–Kier alpha value is -1.47. The van der Waals surface area contributed by atoms with E-state index >= 15 is 0 Å². The number of nitrogens with zero attached hydrogens (tertiary/aromatic N) is 4. The Morgan fingerprint density at radius 1 is 1.65 bits per heavy atom. The van der Waals surface area contributed by atoms with Crippen molar-refractivity contribution < 1.29 is 22.7 Å². The maximum absolute atomic E-state index is 12.8. The molecule has 0 saturated carbocycles. The third-order valence-corrected chi connectivity index (χ3v) is 2.76. The first kappa shape index (κ1) is 13.6. The van der Waals surface area contributed by atoms with Crippen molar-refractivity contribution in [1.29, 1.82) is 0 Å². The van der Waals surface area contributed by atoms with E-state index in [-0.39, 0.29) is 13.0 Å². The van der Waals surface area contributed by atoms with Crippen LogP contribution in [0.15, 0.2) is 5.11 Å². The van der Waals surface area contributed by atoms with Gasteiger partial charge in [0.25, 0.3) is 0 Å². The molecule has 1 saturated heterocycles. The number of hydrogen-bond acceptors (Lipinski definition) is 3. The third-order valence-electron chi connectivity index (χ3n) is 2.76. The summed E-state index contributed by atoms with van der Waals surface area (Å²) in [6, 6.07) is 0.